The molecule has 0 bridgehead atoms. The first kappa shape index (κ1) is 17.0. The summed E-state index contributed by atoms with van der Waals surface area (Å²) in [5, 5.41) is 9.86. The van der Waals surface area contributed by atoms with Gasteiger partial charge in [-0.1, -0.05) is 0 Å². The van der Waals surface area contributed by atoms with E-state index in [-0.39, 0.29) is 6.42 Å². The fraction of sp³-hybridized carbons (Fsp3) is 0.600. The SMILES string of the molecule is C[C@H](OP(=O)(O)O)[C@H]1O[C@@H](n2cc(F)c(=O)[nH]c2=O)C[C@@H]1O. The second-order valence-corrected chi connectivity index (χ2v) is 6.00. The molecular weight excluding hydrogens is 326 g/mol. The van der Waals surface area contributed by atoms with Crippen LogP contribution in [0.3, 0.4) is 0 Å². The Kier molecular flexibility index (Phi) is 4.66. The summed E-state index contributed by atoms with van der Waals surface area (Å²) >= 11 is 0. The predicted octanol–water partition coefficient (Wildman–Crippen LogP) is -1.18. The number of halogens is 1. The number of phosphoric acid groups is 1. The normalized spacial score (nSPS) is 27.0. The van der Waals surface area contributed by atoms with Crippen LogP contribution in [0, 0.1) is 5.82 Å². The average molecular weight is 340 g/mol. The second kappa shape index (κ2) is 6.03. The molecular formula is C10H14FN2O8P. The molecule has 4 atom stereocenters. The number of rotatable bonds is 4. The van der Waals surface area contributed by atoms with Gasteiger partial charge in [0.15, 0.2) is 0 Å². The van der Waals surface area contributed by atoms with Crippen molar-refractivity contribution in [1.29, 1.82) is 0 Å². The van der Waals surface area contributed by atoms with Crippen LogP contribution in [0.15, 0.2) is 15.8 Å². The minimum Gasteiger partial charge on any atom is -0.390 e. The lowest BCUT2D eigenvalue weighted by Gasteiger charge is -2.22. The number of aliphatic hydroxyl groups excluding tert-OH is 1. The van der Waals surface area contributed by atoms with Crippen molar-refractivity contribution in [3.05, 3.63) is 32.9 Å². The van der Waals surface area contributed by atoms with Gasteiger partial charge in [-0.2, -0.15) is 4.39 Å². The van der Waals surface area contributed by atoms with Gasteiger partial charge in [0.1, 0.15) is 12.3 Å². The highest BCUT2D eigenvalue weighted by Crippen LogP contribution is 2.41. The number of hydrogen-bond donors (Lipinski definition) is 4. The van der Waals surface area contributed by atoms with Crippen LogP contribution in [0.4, 0.5) is 4.39 Å². The van der Waals surface area contributed by atoms with Gasteiger partial charge in [0, 0.05) is 6.42 Å². The third kappa shape index (κ3) is 3.69. The summed E-state index contributed by atoms with van der Waals surface area (Å²) in [6.07, 6.45) is -4.14. The van der Waals surface area contributed by atoms with Gasteiger partial charge in [-0.3, -0.25) is 18.9 Å². The molecule has 1 aliphatic heterocycles. The zero-order chi connectivity index (χ0) is 16.7. The van der Waals surface area contributed by atoms with Crippen LogP contribution in [-0.2, 0) is 13.8 Å². The van der Waals surface area contributed by atoms with Crippen molar-refractivity contribution in [3.8, 4) is 0 Å². The molecule has 2 heterocycles. The van der Waals surface area contributed by atoms with Gasteiger partial charge in [0.2, 0.25) is 5.82 Å². The first-order valence-electron chi connectivity index (χ1n) is 6.17. The smallest absolute Gasteiger partial charge is 0.390 e. The van der Waals surface area contributed by atoms with Crippen molar-refractivity contribution < 1.29 is 33.1 Å². The molecule has 0 aliphatic carbocycles. The molecule has 1 aliphatic rings. The summed E-state index contributed by atoms with van der Waals surface area (Å²) in [4.78, 5) is 41.8. The van der Waals surface area contributed by atoms with Crippen molar-refractivity contribution in [3.63, 3.8) is 0 Å². The maximum Gasteiger partial charge on any atom is 0.469 e. The van der Waals surface area contributed by atoms with Gasteiger partial charge in [-0.05, 0) is 6.92 Å². The van der Waals surface area contributed by atoms with E-state index < -0.39 is 49.4 Å². The zero-order valence-electron chi connectivity index (χ0n) is 11.2. The fourth-order valence-corrected chi connectivity index (χ4v) is 2.78. The molecule has 0 unspecified atom stereocenters. The number of aromatic nitrogens is 2. The third-order valence-electron chi connectivity index (χ3n) is 3.14. The number of nitrogens with one attached hydrogen (secondary N) is 1. The van der Waals surface area contributed by atoms with E-state index in [0.717, 1.165) is 4.57 Å². The highest BCUT2D eigenvalue weighted by atomic mass is 31.2. The Labute approximate surface area is 122 Å². The minimum atomic E-state index is -4.78. The van der Waals surface area contributed by atoms with Gasteiger partial charge in [-0.15, -0.1) is 0 Å². The number of aromatic amines is 1. The summed E-state index contributed by atoms with van der Waals surface area (Å²) in [6, 6.07) is 0. The van der Waals surface area contributed by atoms with Crippen molar-refractivity contribution in [1.82, 2.24) is 9.55 Å². The summed E-state index contributed by atoms with van der Waals surface area (Å²) in [7, 11) is -4.78. The van der Waals surface area contributed by atoms with Gasteiger partial charge >= 0.3 is 13.5 Å². The molecule has 12 heteroatoms. The topological polar surface area (TPSA) is 151 Å². The Morgan fingerprint density at radius 3 is 2.77 bits per heavy atom. The van der Waals surface area contributed by atoms with Crippen LogP contribution in [0.1, 0.15) is 19.6 Å². The highest BCUT2D eigenvalue weighted by molar-refractivity contribution is 7.46. The number of hydrogen-bond acceptors (Lipinski definition) is 6. The van der Waals surface area contributed by atoms with Crippen molar-refractivity contribution in [2.45, 2.75) is 37.9 Å². The van der Waals surface area contributed by atoms with Gasteiger partial charge in [-0.25, -0.2) is 9.36 Å². The molecule has 0 radical (unpaired) electrons. The Bertz CT molecular complexity index is 712. The summed E-state index contributed by atoms with van der Waals surface area (Å²) in [5.74, 6) is -1.21. The molecule has 1 aromatic heterocycles. The van der Waals surface area contributed by atoms with Crippen LogP contribution in [0.25, 0.3) is 0 Å². The zero-order valence-corrected chi connectivity index (χ0v) is 12.1. The quantitative estimate of drug-likeness (QED) is 0.500. The lowest BCUT2D eigenvalue weighted by molar-refractivity contribution is -0.0750. The van der Waals surface area contributed by atoms with E-state index in [4.69, 9.17) is 14.5 Å². The molecule has 22 heavy (non-hydrogen) atoms. The largest absolute Gasteiger partial charge is 0.469 e. The minimum absolute atomic E-state index is 0.148. The van der Waals surface area contributed by atoms with Crippen molar-refractivity contribution in [2.24, 2.45) is 0 Å². The molecule has 4 N–H and O–H groups in total. The van der Waals surface area contributed by atoms with Crippen molar-refractivity contribution in [2.75, 3.05) is 0 Å². The number of nitrogens with zero attached hydrogens (tertiary/aromatic N) is 1. The number of H-pyrrole nitrogens is 1. The molecule has 2 rings (SSSR count). The first-order chi connectivity index (χ1) is 10.1. The lowest BCUT2D eigenvalue weighted by Crippen LogP contribution is -2.35. The predicted molar refractivity (Wildman–Crippen MR) is 68.4 cm³/mol. The molecule has 0 spiro atoms. The summed E-state index contributed by atoms with van der Waals surface area (Å²) < 4.78 is 34.5. The van der Waals surface area contributed by atoms with Crippen LogP contribution >= 0.6 is 7.82 Å². The van der Waals surface area contributed by atoms with Crippen LogP contribution in [0.5, 0.6) is 0 Å². The van der Waals surface area contributed by atoms with Crippen LogP contribution in [-0.4, -0.2) is 42.8 Å². The lowest BCUT2D eigenvalue weighted by atomic mass is 10.1. The Morgan fingerprint density at radius 1 is 1.55 bits per heavy atom. The molecule has 10 nitrogen and oxygen atoms in total. The molecule has 0 saturated carbocycles. The maximum atomic E-state index is 13.2. The summed E-state index contributed by atoms with van der Waals surface area (Å²) in [6.45, 7) is 1.27. The molecule has 1 saturated heterocycles. The van der Waals surface area contributed by atoms with E-state index in [9.17, 15) is 23.7 Å². The maximum absolute atomic E-state index is 13.2. The molecule has 1 aromatic rings. The Balaban J connectivity index is 2.21. The van der Waals surface area contributed by atoms with Crippen LogP contribution < -0.4 is 11.2 Å². The Hall–Kier alpha value is -1.36. The fourth-order valence-electron chi connectivity index (χ4n) is 2.22. The van der Waals surface area contributed by atoms with E-state index in [1.165, 1.54) is 6.92 Å². The molecule has 0 amide bonds. The van der Waals surface area contributed by atoms with Gasteiger partial charge < -0.3 is 19.6 Å². The van der Waals surface area contributed by atoms with Gasteiger partial charge in [0.05, 0.1) is 18.4 Å². The van der Waals surface area contributed by atoms with Crippen molar-refractivity contribution >= 4 is 7.82 Å². The van der Waals surface area contributed by atoms with E-state index in [2.05, 4.69) is 4.52 Å². The molecule has 0 aromatic carbocycles. The van der Waals surface area contributed by atoms with Gasteiger partial charge in [0.25, 0.3) is 5.56 Å². The first-order valence-corrected chi connectivity index (χ1v) is 7.70. The summed E-state index contributed by atoms with van der Waals surface area (Å²) in [5.41, 5.74) is -2.12. The highest BCUT2D eigenvalue weighted by Gasteiger charge is 2.41. The van der Waals surface area contributed by atoms with E-state index in [1.54, 1.807) is 4.98 Å². The second-order valence-electron chi connectivity index (χ2n) is 4.80. The van der Waals surface area contributed by atoms with Crippen LogP contribution in [0.2, 0.25) is 0 Å². The standard InChI is InChI=1S/C10H14FN2O8P/c1-4(21-22(17,18)19)8-6(14)2-7(20-8)13-3-5(11)9(15)12-10(13)16/h3-4,6-8,14H,2H2,1H3,(H,12,15,16)(H2,17,18,19)/t4-,6-,7+,8+/m0/s1. The van der Waals surface area contributed by atoms with E-state index in [1.807, 2.05) is 0 Å². The molecule has 124 valence electrons. The number of aliphatic hydroxyl groups is 1. The number of ether oxygens (including phenoxy) is 1. The van der Waals surface area contributed by atoms with E-state index >= 15 is 0 Å². The molecule has 1 fully saturated rings. The third-order valence-corrected chi connectivity index (χ3v) is 3.74. The van der Waals surface area contributed by atoms with E-state index in [0.29, 0.717) is 6.20 Å². The number of phosphoric ester groups is 1. The average Bonchev–Trinajstić information content (AvgIpc) is 2.73. The monoisotopic (exact) mass is 340 g/mol. The Morgan fingerprint density at radius 2 is 2.18 bits per heavy atom.